The molecule has 3 rings (SSSR count). The van der Waals surface area contributed by atoms with E-state index in [1.54, 1.807) is 24.3 Å². The molecule has 2 aromatic carbocycles. The minimum Gasteiger partial charge on any atom is -0.541 e. The lowest BCUT2D eigenvalue weighted by molar-refractivity contribution is -0.0502. The lowest BCUT2D eigenvalue weighted by atomic mass is 9.83. The van der Waals surface area contributed by atoms with Crippen LogP contribution in [0.2, 0.25) is 16.6 Å². The molecule has 0 spiro atoms. The van der Waals surface area contributed by atoms with Crippen LogP contribution in [-0.4, -0.2) is 42.6 Å². The van der Waals surface area contributed by atoms with Crippen molar-refractivity contribution in [1.29, 1.82) is 0 Å². The molecule has 1 aliphatic rings. The van der Waals surface area contributed by atoms with Crippen LogP contribution in [0.1, 0.15) is 78.5 Å². The summed E-state index contributed by atoms with van der Waals surface area (Å²) in [6.07, 6.45) is 0.0691. The van der Waals surface area contributed by atoms with Gasteiger partial charge in [0.2, 0.25) is 0 Å². The largest absolute Gasteiger partial charge is 0.541 e. The van der Waals surface area contributed by atoms with Gasteiger partial charge in [-0.1, -0.05) is 59.7 Å². The Morgan fingerprint density at radius 2 is 1.39 bits per heavy atom. The molecule has 36 heavy (non-hydrogen) atoms. The number of nitrogens with zero attached hydrogens (tertiary/aromatic N) is 1. The van der Waals surface area contributed by atoms with E-state index in [9.17, 15) is 14.6 Å². The molecule has 0 aliphatic carbocycles. The van der Waals surface area contributed by atoms with Crippen molar-refractivity contribution >= 4 is 8.32 Å². The number of hydrogen-bond donors (Lipinski definition) is 2. The molecule has 2 atom stereocenters. The van der Waals surface area contributed by atoms with Crippen LogP contribution in [0, 0.1) is 11.6 Å². The van der Waals surface area contributed by atoms with E-state index in [0.29, 0.717) is 53.7 Å². The van der Waals surface area contributed by atoms with E-state index in [0.717, 1.165) is 0 Å². The van der Waals surface area contributed by atoms with Crippen LogP contribution < -0.4 is 4.43 Å². The molecule has 2 unspecified atom stereocenters. The minimum atomic E-state index is -2.29. The molecule has 0 bridgehead atoms. The van der Waals surface area contributed by atoms with Gasteiger partial charge in [0.1, 0.15) is 11.6 Å². The molecule has 0 radical (unpaired) electrons. The van der Waals surface area contributed by atoms with Crippen LogP contribution in [0.15, 0.2) is 42.5 Å². The van der Waals surface area contributed by atoms with Crippen molar-refractivity contribution in [2.45, 2.75) is 95.7 Å². The maximum atomic E-state index is 15.3. The van der Waals surface area contributed by atoms with E-state index in [1.165, 1.54) is 18.2 Å². The van der Waals surface area contributed by atoms with E-state index in [2.05, 4.69) is 46.4 Å². The molecule has 2 N–H and O–H groups in total. The number of aliphatic hydroxyl groups is 2. The van der Waals surface area contributed by atoms with Gasteiger partial charge in [-0.2, -0.15) is 0 Å². The summed E-state index contributed by atoms with van der Waals surface area (Å²) in [4.78, 5) is 2.11. The molecule has 1 aliphatic heterocycles. The first-order valence-corrected chi connectivity index (χ1v) is 15.3. The summed E-state index contributed by atoms with van der Waals surface area (Å²) < 4.78 is 35.1. The van der Waals surface area contributed by atoms with Crippen LogP contribution in [0.25, 0.3) is 0 Å². The highest BCUT2D eigenvalue weighted by Gasteiger charge is 2.47. The van der Waals surface area contributed by atoms with Crippen LogP contribution in [0.5, 0.6) is 5.75 Å². The predicted octanol–water partition coefficient (Wildman–Crippen LogP) is 6.92. The number of hydrogen-bond acceptors (Lipinski definition) is 4. The van der Waals surface area contributed by atoms with Gasteiger partial charge in [-0.15, -0.1) is 0 Å². The van der Waals surface area contributed by atoms with Crippen LogP contribution in [-0.2, 0) is 5.60 Å². The van der Waals surface area contributed by atoms with Gasteiger partial charge in [-0.3, -0.25) is 4.90 Å². The Balaban J connectivity index is 1.71. The Bertz CT molecular complexity index is 982. The minimum absolute atomic E-state index is 0.260. The molecular formula is C29H43F2NO3Si. The van der Waals surface area contributed by atoms with E-state index < -0.39 is 25.8 Å². The van der Waals surface area contributed by atoms with Gasteiger partial charge >= 0.3 is 0 Å². The van der Waals surface area contributed by atoms with Crippen molar-refractivity contribution in [2.75, 3.05) is 13.1 Å². The molecule has 0 amide bonds. The SMILES string of the molecule is CC(C(O)c1ccc(O[Si](C(C)C)(C(C)C)C(C)C)c(F)c1)N1CCC(O)(c2ccc(F)cc2)CC1. The van der Waals surface area contributed by atoms with Crippen LogP contribution in [0.4, 0.5) is 8.78 Å². The third-order valence-corrected chi connectivity index (χ3v) is 14.3. The Hall–Kier alpha value is -1.80. The summed E-state index contributed by atoms with van der Waals surface area (Å²) in [5.41, 5.74) is 1.19. The van der Waals surface area contributed by atoms with Crippen molar-refractivity contribution < 1.29 is 23.4 Å². The van der Waals surface area contributed by atoms with Crippen molar-refractivity contribution in [3.05, 3.63) is 65.2 Å². The lowest BCUT2D eigenvalue weighted by Crippen LogP contribution is -2.50. The molecule has 0 saturated carbocycles. The average Bonchev–Trinajstić information content (AvgIpc) is 2.82. The zero-order valence-corrected chi connectivity index (χ0v) is 23.8. The highest BCUT2D eigenvalue weighted by molar-refractivity contribution is 6.78. The molecule has 1 fully saturated rings. The van der Waals surface area contributed by atoms with Crippen molar-refractivity contribution in [1.82, 2.24) is 4.90 Å². The number of likely N-dealkylation sites (tertiary alicyclic amines) is 1. The molecule has 0 aromatic heterocycles. The molecule has 200 valence electrons. The second kappa shape index (κ2) is 11.3. The van der Waals surface area contributed by atoms with E-state index in [-0.39, 0.29) is 17.6 Å². The predicted molar refractivity (Wildman–Crippen MR) is 144 cm³/mol. The van der Waals surface area contributed by atoms with Gasteiger partial charge in [0, 0.05) is 19.1 Å². The maximum absolute atomic E-state index is 15.3. The maximum Gasteiger partial charge on any atom is 0.258 e. The Morgan fingerprint density at radius 1 is 0.861 bits per heavy atom. The third-order valence-electron chi connectivity index (χ3n) is 8.33. The summed E-state index contributed by atoms with van der Waals surface area (Å²) in [6, 6.07) is 10.6. The second-order valence-electron chi connectivity index (χ2n) is 11.4. The average molecular weight is 520 g/mol. The van der Waals surface area contributed by atoms with E-state index in [1.807, 2.05) is 6.92 Å². The quantitative estimate of drug-likeness (QED) is 0.353. The monoisotopic (exact) mass is 519 g/mol. The fourth-order valence-corrected chi connectivity index (χ4v) is 11.4. The smallest absolute Gasteiger partial charge is 0.258 e. The molecular weight excluding hydrogens is 476 g/mol. The second-order valence-corrected chi connectivity index (χ2v) is 16.7. The Labute approximate surface area is 216 Å². The van der Waals surface area contributed by atoms with Crippen LogP contribution in [0.3, 0.4) is 0 Å². The molecule has 1 heterocycles. The standard InChI is InChI=1S/C29H43F2NO3Si/c1-19(2)36(20(3)4,21(5)6)35-27-13-8-23(18-26(27)31)28(33)22(7)32-16-14-29(34,15-17-32)24-9-11-25(30)12-10-24/h8-13,18-22,28,33-34H,14-17H2,1-7H3. The van der Waals surface area contributed by atoms with Gasteiger partial charge in [0.05, 0.1) is 11.7 Å². The first-order valence-electron chi connectivity index (χ1n) is 13.2. The number of rotatable bonds is 9. The first kappa shape index (κ1) is 28.8. The van der Waals surface area contributed by atoms with E-state index >= 15 is 4.39 Å². The number of benzene rings is 2. The highest BCUT2D eigenvalue weighted by Crippen LogP contribution is 2.43. The molecule has 4 nitrogen and oxygen atoms in total. The number of aliphatic hydroxyl groups excluding tert-OH is 1. The lowest BCUT2D eigenvalue weighted by Gasteiger charge is -2.42. The van der Waals surface area contributed by atoms with Gasteiger partial charge in [-0.25, -0.2) is 8.78 Å². The summed E-state index contributed by atoms with van der Waals surface area (Å²) in [6.45, 7) is 16.1. The van der Waals surface area contributed by atoms with E-state index in [4.69, 9.17) is 4.43 Å². The summed E-state index contributed by atoms with van der Waals surface area (Å²) in [5, 5.41) is 22.2. The van der Waals surface area contributed by atoms with Crippen molar-refractivity contribution in [3.63, 3.8) is 0 Å². The third kappa shape index (κ3) is 5.69. The zero-order chi connectivity index (χ0) is 26.8. The topological polar surface area (TPSA) is 52.9 Å². The Morgan fingerprint density at radius 3 is 1.86 bits per heavy atom. The van der Waals surface area contributed by atoms with Gasteiger partial charge < -0.3 is 14.6 Å². The van der Waals surface area contributed by atoms with Crippen molar-refractivity contribution in [2.24, 2.45) is 0 Å². The summed E-state index contributed by atoms with van der Waals surface area (Å²) >= 11 is 0. The summed E-state index contributed by atoms with van der Waals surface area (Å²) in [5.74, 6) is -0.503. The Kier molecular flexibility index (Phi) is 9.02. The van der Waals surface area contributed by atoms with Crippen molar-refractivity contribution in [3.8, 4) is 5.75 Å². The number of halogens is 2. The normalized spacial score (nSPS) is 18.6. The fourth-order valence-electron chi connectivity index (χ4n) is 6.16. The fraction of sp³-hybridized carbons (Fsp3) is 0.586. The van der Waals surface area contributed by atoms with Crippen LogP contribution >= 0.6 is 0 Å². The van der Waals surface area contributed by atoms with Gasteiger partial charge in [0.15, 0.2) is 5.82 Å². The van der Waals surface area contributed by atoms with Gasteiger partial charge in [-0.05, 0) is 71.8 Å². The van der Waals surface area contributed by atoms with Gasteiger partial charge in [0.25, 0.3) is 8.32 Å². The summed E-state index contributed by atoms with van der Waals surface area (Å²) in [7, 11) is -2.29. The number of piperidine rings is 1. The molecule has 1 saturated heterocycles. The molecule has 7 heteroatoms. The zero-order valence-electron chi connectivity index (χ0n) is 22.8. The highest BCUT2D eigenvalue weighted by atomic mass is 28.4. The first-order chi connectivity index (χ1) is 16.8. The molecule has 2 aromatic rings.